The molecule has 41 heavy (non-hydrogen) atoms. The van der Waals surface area contributed by atoms with E-state index in [1.165, 1.54) is 42.6 Å². The highest BCUT2D eigenvalue weighted by atomic mass is 19.4. The summed E-state index contributed by atoms with van der Waals surface area (Å²) in [6.07, 6.45) is -0.241. The highest BCUT2D eigenvalue weighted by Gasteiger charge is 2.34. The van der Waals surface area contributed by atoms with Gasteiger partial charge in [-0.3, -0.25) is 9.89 Å². The molecule has 0 spiro atoms. The Balaban J connectivity index is 1.29. The van der Waals surface area contributed by atoms with Gasteiger partial charge in [0.1, 0.15) is 23.2 Å². The summed E-state index contributed by atoms with van der Waals surface area (Å²) in [4.78, 5) is 21.0. The van der Waals surface area contributed by atoms with Gasteiger partial charge >= 0.3 is 6.18 Å². The van der Waals surface area contributed by atoms with Gasteiger partial charge in [-0.1, -0.05) is 12.1 Å². The number of pyridine rings is 1. The molecular formula is C29H27F4N5O3. The molecule has 1 fully saturated rings. The van der Waals surface area contributed by atoms with E-state index in [2.05, 4.69) is 25.5 Å². The number of anilines is 1. The van der Waals surface area contributed by atoms with Gasteiger partial charge < -0.3 is 14.8 Å². The van der Waals surface area contributed by atoms with E-state index in [0.717, 1.165) is 37.5 Å². The summed E-state index contributed by atoms with van der Waals surface area (Å²) in [7, 11) is 0. The molecule has 1 saturated heterocycles. The number of aromatic nitrogens is 4. The Bertz CT molecular complexity index is 1480. The van der Waals surface area contributed by atoms with E-state index in [1.807, 2.05) is 0 Å². The second-order valence-corrected chi connectivity index (χ2v) is 9.72. The molecule has 1 aliphatic rings. The van der Waals surface area contributed by atoms with Crippen LogP contribution < -0.4 is 10.1 Å². The predicted molar refractivity (Wildman–Crippen MR) is 142 cm³/mol. The Morgan fingerprint density at radius 2 is 1.95 bits per heavy atom. The van der Waals surface area contributed by atoms with Gasteiger partial charge in [-0.25, -0.2) is 14.4 Å². The van der Waals surface area contributed by atoms with Gasteiger partial charge in [0.05, 0.1) is 12.2 Å². The topological polar surface area (TPSA) is 102 Å². The highest BCUT2D eigenvalue weighted by molar-refractivity contribution is 6.01. The number of halogens is 4. The SMILES string of the molecule is O=C(Nc1cc(-c2cc(OCCC3CCCOC3)ccc2C(F)(F)F)ccn1)c1n[nH]c(Cc2ccc(F)cc2)n1. The molecule has 2 N–H and O–H groups in total. The summed E-state index contributed by atoms with van der Waals surface area (Å²) in [5, 5.41) is 9.09. The van der Waals surface area contributed by atoms with E-state index in [4.69, 9.17) is 9.47 Å². The fraction of sp³-hybridized carbons (Fsp3) is 0.310. The molecule has 0 aliphatic carbocycles. The number of alkyl halides is 3. The van der Waals surface area contributed by atoms with E-state index in [1.54, 1.807) is 12.1 Å². The van der Waals surface area contributed by atoms with Crippen LogP contribution in [0.2, 0.25) is 0 Å². The minimum absolute atomic E-state index is 0.0223. The van der Waals surface area contributed by atoms with Crippen LogP contribution in [0.4, 0.5) is 23.4 Å². The first-order valence-electron chi connectivity index (χ1n) is 13.1. The van der Waals surface area contributed by atoms with Crippen LogP contribution in [0.15, 0.2) is 60.8 Å². The molecule has 4 aromatic rings. The first-order chi connectivity index (χ1) is 19.7. The molecule has 8 nitrogen and oxygen atoms in total. The summed E-state index contributed by atoms with van der Waals surface area (Å²) in [6, 6.07) is 12.2. The number of ether oxygens (including phenoxy) is 2. The Morgan fingerprint density at radius 1 is 1.12 bits per heavy atom. The van der Waals surface area contributed by atoms with Crippen molar-refractivity contribution in [2.24, 2.45) is 5.92 Å². The third-order valence-electron chi connectivity index (χ3n) is 6.68. The second-order valence-electron chi connectivity index (χ2n) is 9.72. The lowest BCUT2D eigenvalue weighted by atomic mass is 9.99. The number of aromatic amines is 1. The lowest BCUT2D eigenvalue weighted by Gasteiger charge is -2.22. The van der Waals surface area contributed by atoms with Gasteiger partial charge in [-0.15, -0.1) is 5.10 Å². The van der Waals surface area contributed by atoms with Crippen LogP contribution in [0.1, 0.15) is 46.8 Å². The average Bonchev–Trinajstić information content (AvgIpc) is 3.43. The van der Waals surface area contributed by atoms with E-state index in [9.17, 15) is 22.4 Å². The number of rotatable bonds is 9. The zero-order chi connectivity index (χ0) is 28.8. The van der Waals surface area contributed by atoms with Gasteiger partial charge in [0.15, 0.2) is 0 Å². The summed E-state index contributed by atoms with van der Waals surface area (Å²) >= 11 is 0. The zero-order valence-corrected chi connectivity index (χ0v) is 21.9. The molecule has 0 bridgehead atoms. The minimum Gasteiger partial charge on any atom is -0.494 e. The Kier molecular flexibility index (Phi) is 8.58. The molecular weight excluding hydrogens is 542 g/mol. The quantitative estimate of drug-likeness (QED) is 0.238. The fourth-order valence-corrected chi connectivity index (χ4v) is 4.59. The normalized spacial score (nSPS) is 15.5. The summed E-state index contributed by atoms with van der Waals surface area (Å²) in [5.74, 6) is -0.165. The standard InChI is InChI=1S/C29H27F4N5O3/c30-21-5-3-18(4-6-21)14-26-35-27(38-37-26)28(39)36-25-15-20(9-11-34-25)23-16-22(7-8-24(23)29(31,32)33)41-13-10-19-2-1-12-40-17-19/h3-9,11,15-16,19H,1-2,10,12-14,17H2,(H,34,36,39)(H,35,37,38). The number of nitrogens with one attached hydrogen (secondary N) is 2. The molecule has 2 aromatic carbocycles. The van der Waals surface area contributed by atoms with Crippen molar-refractivity contribution in [1.82, 2.24) is 20.2 Å². The maximum atomic E-state index is 13.9. The average molecular weight is 570 g/mol. The van der Waals surface area contributed by atoms with Gasteiger partial charge in [-0.05, 0) is 84.3 Å². The number of benzene rings is 2. The number of H-pyrrole nitrogens is 1. The molecule has 214 valence electrons. The van der Waals surface area contributed by atoms with Crippen LogP contribution in [-0.4, -0.2) is 45.9 Å². The Hall–Kier alpha value is -4.32. The molecule has 1 unspecified atom stereocenters. The van der Waals surface area contributed by atoms with Crippen LogP contribution in [-0.2, 0) is 17.3 Å². The zero-order valence-electron chi connectivity index (χ0n) is 21.9. The van der Waals surface area contributed by atoms with Crippen LogP contribution in [0.25, 0.3) is 11.1 Å². The van der Waals surface area contributed by atoms with Gasteiger partial charge in [0.2, 0.25) is 5.82 Å². The first-order valence-corrected chi connectivity index (χ1v) is 13.1. The Morgan fingerprint density at radius 3 is 2.71 bits per heavy atom. The maximum Gasteiger partial charge on any atom is 0.417 e. The van der Waals surface area contributed by atoms with E-state index in [0.29, 0.717) is 37.1 Å². The van der Waals surface area contributed by atoms with Crippen LogP contribution >= 0.6 is 0 Å². The highest BCUT2D eigenvalue weighted by Crippen LogP contribution is 2.39. The number of nitrogens with zero attached hydrogens (tertiary/aromatic N) is 3. The summed E-state index contributed by atoms with van der Waals surface area (Å²) < 4.78 is 66.1. The molecule has 12 heteroatoms. The monoisotopic (exact) mass is 569 g/mol. The molecule has 0 saturated carbocycles. The molecule has 2 aromatic heterocycles. The third kappa shape index (κ3) is 7.46. The van der Waals surface area contributed by atoms with Crippen LogP contribution in [0, 0.1) is 11.7 Å². The van der Waals surface area contributed by atoms with Crippen molar-refractivity contribution >= 4 is 11.7 Å². The Labute approximate surface area is 233 Å². The second kappa shape index (κ2) is 12.5. The minimum atomic E-state index is -4.61. The maximum absolute atomic E-state index is 13.9. The van der Waals surface area contributed by atoms with E-state index in [-0.39, 0.29) is 28.6 Å². The predicted octanol–water partition coefficient (Wildman–Crippen LogP) is 6.06. The van der Waals surface area contributed by atoms with Crippen molar-refractivity contribution < 1.29 is 31.8 Å². The van der Waals surface area contributed by atoms with Crippen molar-refractivity contribution in [2.75, 3.05) is 25.1 Å². The largest absolute Gasteiger partial charge is 0.494 e. The van der Waals surface area contributed by atoms with E-state index >= 15 is 0 Å². The third-order valence-corrected chi connectivity index (χ3v) is 6.68. The molecule has 3 heterocycles. The number of hydrogen-bond acceptors (Lipinski definition) is 6. The van der Waals surface area contributed by atoms with Gasteiger partial charge in [0, 0.05) is 25.8 Å². The van der Waals surface area contributed by atoms with Gasteiger partial charge in [0.25, 0.3) is 5.91 Å². The number of carbonyl (C=O) groups is 1. The van der Waals surface area contributed by atoms with Crippen molar-refractivity contribution in [3.63, 3.8) is 0 Å². The van der Waals surface area contributed by atoms with Crippen molar-refractivity contribution in [3.8, 4) is 16.9 Å². The van der Waals surface area contributed by atoms with Crippen molar-refractivity contribution in [3.05, 3.63) is 89.4 Å². The van der Waals surface area contributed by atoms with Crippen molar-refractivity contribution in [1.29, 1.82) is 0 Å². The number of amides is 1. The van der Waals surface area contributed by atoms with Crippen molar-refractivity contribution in [2.45, 2.75) is 31.9 Å². The lowest BCUT2D eigenvalue weighted by molar-refractivity contribution is -0.137. The molecule has 1 atom stereocenters. The molecule has 1 aliphatic heterocycles. The molecule has 1 amide bonds. The van der Waals surface area contributed by atoms with Gasteiger partial charge in [-0.2, -0.15) is 13.2 Å². The van der Waals surface area contributed by atoms with Crippen LogP contribution in [0.5, 0.6) is 5.75 Å². The first kappa shape index (κ1) is 28.2. The molecule has 0 radical (unpaired) electrons. The number of carbonyl (C=O) groups excluding carboxylic acids is 1. The smallest absolute Gasteiger partial charge is 0.417 e. The summed E-state index contributed by atoms with van der Waals surface area (Å²) in [6.45, 7) is 1.78. The number of hydrogen-bond donors (Lipinski definition) is 2. The molecule has 5 rings (SSSR count). The van der Waals surface area contributed by atoms with Crippen LogP contribution in [0.3, 0.4) is 0 Å². The fourth-order valence-electron chi connectivity index (χ4n) is 4.59. The lowest BCUT2D eigenvalue weighted by Crippen LogP contribution is -2.19. The summed E-state index contributed by atoms with van der Waals surface area (Å²) in [5.41, 5.74) is 0.0149. The van der Waals surface area contributed by atoms with E-state index < -0.39 is 17.6 Å².